The Hall–Kier alpha value is -1.76. The molecule has 0 fully saturated rings. The van der Waals surface area contributed by atoms with E-state index in [9.17, 15) is 10.1 Å². The van der Waals surface area contributed by atoms with E-state index in [0.29, 0.717) is 13.0 Å². The Kier molecular flexibility index (Phi) is 5.23. The van der Waals surface area contributed by atoms with Crippen LogP contribution in [0, 0.1) is 10.1 Å². The quantitative estimate of drug-likeness (QED) is 0.608. The average molecular weight is 292 g/mol. The van der Waals surface area contributed by atoms with Crippen molar-refractivity contribution < 1.29 is 10.0 Å². The van der Waals surface area contributed by atoms with Crippen molar-refractivity contribution in [3.05, 3.63) is 63.0 Å². The van der Waals surface area contributed by atoms with E-state index in [1.54, 1.807) is 11.4 Å². The summed E-state index contributed by atoms with van der Waals surface area (Å²) in [5.41, 5.74) is 1.99. The summed E-state index contributed by atoms with van der Waals surface area (Å²) in [7, 11) is 0. The molecule has 2 rings (SSSR count). The van der Waals surface area contributed by atoms with Crippen LogP contribution in [0.4, 0.5) is 5.00 Å². The monoisotopic (exact) mass is 292 g/mol. The first-order valence-corrected chi connectivity index (χ1v) is 7.19. The van der Waals surface area contributed by atoms with E-state index in [-0.39, 0.29) is 22.6 Å². The molecular weight excluding hydrogens is 276 g/mol. The van der Waals surface area contributed by atoms with Gasteiger partial charge in [-0.2, -0.15) is 0 Å². The standard InChI is InChI=1S/C14H16N2O3S/c17-7-6-13(12-4-2-1-3-5-12)15-9-11-8-14(16(18)19)20-10-11/h1-5,8,10,13,15,17H,6-7,9H2/t13-/m1/s1. The lowest BCUT2D eigenvalue weighted by atomic mass is 10.0. The fourth-order valence-corrected chi connectivity index (χ4v) is 2.72. The normalized spacial score (nSPS) is 12.2. The van der Waals surface area contributed by atoms with Crippen LogP contribution in [-0.4, -0.2) is 16.6 Å². The van der Waals surface area contributed by atoms with Crippen molar-refractivity contribution in [1.29, 1.82) is 0 Å². The number of nitro groups is 1. The molecule has 0 aliphatic rings. The van der Waals surface area contributed by atoms with Crippen LogP contribution in [0.5, 0.6) is 0 Å². The lowest BCUT2D eigenvalue weighted by molar-refractivity contribution is -0.380. The third kappa shape index (κ3) is 3.86. The zero-order chi connectivity index (χ0) is 14.4. The number of rotatable bonds is 7. The van der Waals surface area contributed by atoms with Gasteiger partial charge in [-0.3, -0.25) is 10.1 Å². The molecule has 0 saturated heterocycles. The second-order valence-corrected chi connectivity index (χ2v) is 5.30. The SMILES string of the molecule is O=[N+]([O-])c1cc(CN[C@H](CCO)c2ccccc2)cs1. The molecule has 6 heteroatoms. The van der Waals surface area contributed by atoms with E-state index in [4.69, 9.17) is 5.11 Å². The summed E-state index contributed by atoms with van der Waals surface area (Å²) in [5.74, 6) is 0. The molecule has 106 valence electrons. The fourth-order valence-electron chi connectivity index (χ4n) is 1.99. The molecule has 1 atom stereocenters. The van der Waals surface area contributed by atoms with Crippen molar-refractivity contribution in [1.82, 2.24) is 5.32 Å². The predicted octanol–water partition coefficient (Wildman–Crippen LogP) is 2.87. The van der Waals surface area contributed by atoms with Gasteiger partial charge in [0.05, 0.1) is 4.92 Å². The van der Waals surface area contributed by atoms with Crippen molar-refractivity contribution in [3.8, 4) is 0 Å². The first kappa shape index (κ1) is 14.6. The van der Waals surface area contributed by atoms with Gasteiger partial charge in [0, 0.05) is 30.6 Å². The van der Waals surface area contributed by atoms with Crippen LogP contribution in [0.15, 0.2) is 41.8 Å². The van der Waals surface area contributed by atoms with Gasteiger partial charge in [-0.25, -0.2) is 0 Å². The predicted molar refractivity (Wildman–Crippen MR) is 78.7 cm³/mol. The van der Waals surface area contributed by atoms with E-state index in [1.165, 1.54) is 0 Å². The average Bonchev–Trinajstić information content (AvgIpc) is 2.93. The van der Waals surface area contributed by atoms with Crippen LogP contribution in [0.2, 0.25) is 0 Å². The van der Waals surface area contributed by atoms with Crippen LogP contribution in [-0.2, 0) is 6.54 Å². The summed E-state index contributed by atoms with van der Waals surface area (Å²) in [4.78, 5) is 10.3. The first-order valence-electron chi connectivity index (χ1n) is 6.31. The van der Waals surface area contributed by atoms with E-state index in [2.05, 4.69) is 5.32 Å². The van der Waals surface area contributed by atoms with Crippen LogP contribution >= 0.6 is 11.3 Å². The maximum Gasteiger partial charge on any atom is 0.324 e. The summed E-state index contributed by atoms with van der Waals surface area (Å²) in [5, 5.41) is 25.1. The fraction of sp³-hybridized carbons (Fsp3) is 0.286. The second-order valence-electron chi connectivity index (χ2n) is 4.41. The molecule has 0 radical (unpaired) electrons. The lowest BCUT2D eigenvalue weighted by Crippen LogP contribution is -2.21. The number of benzene rings is 1. The molecule has 5 nitrogen and oxygen atoms in total. The smallest absolute Gasteiger partial charge is 0.324 e. The third-order valence-electron chi connectivity index (χ3n) is 2.99. The lowest BCUT2D eigenvalue weighted by Gasteiger charge is -2.17. The van der Waals surface area contributed by atoms with Crippen molar-refractivity contribution >= 4 is 16.3 Å². The topological polar surface area (TPSA) is 75.4 Å². The molecular formula is C14H16N2O3S. The Morgan fingerprint density at radius 2 is 2.10 bits per heavy atom. The molecule has 0 spiro atoms. The molecule has 20 heavy (non-hydrogen) atoms. The molecule has 0 amide bonds. The number of hydrogen-bond donors (Lipinski definition) is 2. The summed E-state index contributed by atoms with van der Waals surface area (Å²) in [6.45, 7) is 0.639. The maximum absolute atomic E-state index is 10.6. The number of aliphatic hydroxyl groups is 1. The molecule has 0 aliphatic carbocycles. The summed E-state index contributed by atoms with van der Waals surface area (Å²) >= 11 is 1.13. The number of nitrogens with zero attached hydrogens (tertiary/aromatic N) is 1. The number of nitrogens with one attached hydrogen (secondary N) is 1. The Labute approximate surface area is 121 Å². The molecule has 1 aromatic carbocycles. The number of hydrogen-bond acceptors (Lipinski definition) is 5. The van der Waals surface area contributed by atoms with Crippen LogP contribution in [0.3, 0.4) is 0 Å². The Balaban J connectivity index is 2.00. The van der Waals surface area contributed by atoms with Crippen molar-refractivity contribution in [2.24, 2.45) is 0 Å². The van der Waals surface area contributed by atoms with Gasteiger partial charge in [-0.05, 0) is 17.5 Å². The molecule has 0 bridgehead atoms. The molecule has 0 aliphatic heterocycles. The maximum atomic E-state index is 10.6. The van der Waals surface area contributed by atoms with Crippen molar-refractivity contribution in [3.63, 3.8) is 0 Å². The Bertz CT molecular complexity index is 557. The van der Waals surface area contributed by atoms with Gasteiger partial charge in [-0.15, -0.1) is 0 Å². The molecule has 0 unspecified atom stereocenters. The number of aliphatic hydroxyl groups excluding tert-OH is 1. The zero-order valence-electron chi connectivity index (χ0n) is 10.9. The molecule has 1 aromatic heterocycles. The van der Waals surface area contributed by atoms with Crippen molar-refractivity contribution in [2.75, 3.05) is 6.61 Å². The van der Waals surface area contributed by atoms with E-state index < -0.39 is 0 Å². The largest absolute Gasteiger partial charge is 0.396 e. The van der Waals surface area contributed by atoms with Crippen LogP contribution in [0.25, 0.3) is 0 Å². The molecule has 2 aromatic rings. The highest BCUT2D eigenvalue weighted by atomic mass is 32.1. The minimum atomic E-state index is -0.378. The summed E-state index contributed by atoms with van der Waals surface area (Å²) < 4.78 is 0. The highest BCUT2D eigenvalue weighted by molar-refractivity contribution is 7.13. The van der Waals surface area contributed by atoms with Gasteiger partial charge >= 0.3 is 5.00 Å². The van der Waals surface area contributed by atoms with Gasteiger partial charge in [0.25, 0.3) is 0 Å². The van der Waals surface area contributed by atoms with Gasteiger partial charge in [0.1, 0.15) is 0 Å². The molecule has 2 N–H and O–H groups in total. The molecule has 0 saturated carbocycles. The van der Waals surface area contributed by atoms with Crippen molar-refractivity contribution in [2.45, 2.75) is 19.0 Å². The van der Waals surface area contributed by atoms with E-state index >= 15 is 0 Å². The third-order valence-corrected chi connectivity index (χ3v) is 3.92. The van der Waals surface area contributed by atoms with Gasteiger partial charge in [-0.1, -0.05) is 41.7 Å². The second kappa shape index (κ2) is 7.14. The highest BCUT2D eigenvalue weighted by Gasteiger charge is 2.13. The minimum Gasteiger partial charge on any atom is -0.396 e. The molecule has 1 heterocycles. The van der Waals surface area contributed by atoms with E-state index in [1.807, 2.05) is 30.3 Å². The first-order chi connectivity index (χ1) is 9.70. The van der Waals surface area contributed by atoms with Crippen LogP contribution < -0.4 is 5.32 Å². The zero-order valence-corrected chi connectivity index (χ0v) is 11.7. The Morgan fingerprint density at radius 1 is 1.35 bits per heavy atom. The van der Waals surface area contributed by atoms with Gasteiger partial charge < -0.3 is 10.4 Å². The van der Waals surface area contributed by atoms with Crippen LogP contribution in [0.1, 0.15) is 23.6 Å². The summed E-state index contributed by atoms with van der Waals surface area (Å²) in [6, 6.07) is 11.5. The van der Waals surface area contributed by atoms with Gasteiger partial charge in [0.15, 0.2) is 0 Å². The number of thiophene rings is 1. The van der Waals surface area contributed by atoms with E-state index in [0.717, 1.165) is 22.5 Å². The summed E-state index contributed by atoms with van der Waals surface area (Å²) in [6.07, 6.45) is 0.607. The Morgan fingerprint density at radius 3 is 2.70 bits per heavy atom. The minimum absolute atomic E-state index is 0.0418. The highest BCUT2D eigenvalue weighted by Crippen LogP contribution is 2.23. The van der Waals surface area contributed by atoms with Gasteiger partial charge in [0.2, 0.25) is 0 Å².